The number of sulfone groups is 1. The average Bonchev–Trinajstić information content (AvgIpc) is 2.78. The van der Waals surface area contributed by atoms with Gasteiger partial charge in [0.2, 0.25) is 5.91 Å². The topological polar surface area (TPSA) is 70.6 Å². The summed E-state index contributed by atoms with van der Waals surface area (Å²) < 4.78 is 25.5. The summed E-state index contributed by atoms with van der Waals surface area (Å²) >= 11 is 5.98. The number of amides is 1. The lowest BCUT2D eigenvalue weighted by molar-refractivity contribution is -0.131. The summed E-state index contributed by atoms with van der Waals surface area (Å²) in [6, 6.07) is 14.2. The quantitative estimate of drug-likeness (QED) is 0.604. The lowest BCUT2D eigenvalue weighted by Crippen LogP contribution is -2.49. The Bertz CT molecular complexity index is 1160. The Hall–Kier alpha value is -2.64. The summed E-state index contributed by atoms with van der Waals surface area (Å²) in [7, 11) is -3.55. The zero-order chi connectivity index (χ0) is 21.1. The van der Waals surface area contributed by atoms with E-state index in [9.17, 15) is 13.2 Å². The second-order valence-electron chi connectivity index (χ2n) is 7.30. The molecule has 4 rings (SSSR count). The Balaban J connectivity index is 1.36. The predicted octanol–water partition coefficient (Wildman–Crippen LogP) is 3.40. The van der Waals surface area contributed by atoms with E-state index >= 15 is 0 Å². The Labute approximate surface area is 181 Å². The van der Waals surface area contributed by atoms with Crippen molar-refractivity contribution in [3.8, 4) is 0 Å². The molecule has 6 nitrogen and oxygen atoms in total. The van der Waals surface area contributed by atoms with Gasteiger partial charge in [-0.3, -0.25) is 9.78 Å². The molecule has 0 unspecified atom stereocenters. The number of nitrogens with zero attached hydrogens (tertiary/aromatic N) is 3. The molecule has 3 aromatic rings. The van der Waals surface area contributed by atoms with Crippen LogP contribution in [0.15, 0.2) is 65.8 Å². The Morgan fingerprint density at radius 2 is 1.60 bits per heavy atom. The number of halogens is 1. The van der Waals surface area contributed by atoms with E-state index in [-0.39, 0.29) is 23.0 Å². The van der Waals surface area contributed by atoms with E-state index in [1.165, 1.54) is 0 Å². The maximum absolute atomic E-state index is 12.8. The summed E-state index contributed by atoms with van der Waals surface area (Å²) in [6.45, 7) is 2.60. The molecule has 0 saturated carbocycles. The van der Waals surface area contributed by atoms with Gasteiger partial charge >= 0.3 is 0 Å². The third-order valence-electron chi connectivity index (χ3n) is 5.38. The lowest BCUT2D eigenvalue weighted by atomic mass is 10.1. The number of pyridine rings is 1. The molecule has 1 amide bonds. The van der Waals surface area contributed by atoms with Gasteiger partial charge in [0, 0.05) is 55.7 Å². The van der Waals surface area contributed by atoms with Crippen molar-refractivity contribution < 1.29 is 13.2 Å². The molecular formula is C22H22ClN3O3S. The highest BCUT2D eigenvalue weighted by molar-refractivity contribution is 7.91. The number of aromatic nitrogens is 1. The Kier molecular flexibility index (Phi) is 5.92. The van der Waals surface area contributed by atoms with Gasteiger partial charge in [-0.15, -0.1) is 0 Å². The largest absolute Gasteiger partial charge is 0.368 e. The molecule has 0 bridgehead atoms. The maximum Gasteiger partial charge on any atom is 0.223 e. The number of carbonyl (C=O) groups is 1. The summed E-state index contributed by atoms with van der Waals surface area (Å²) in [4.78, 5) is 20.8. The van der Waals surface area contributed by atoms with Crippen molar-refractivity contribution in [3.63, 3.8) is 0 Å². The van der Waals surface area contributed by atoms with E-state index in [1.807, 2.05) is 12.1 Å². The molecule has 2 heterocycles. The second-order valence-corrected chi connectivity index (χ2v) is 9.84. The van der Waals surface area contributed by atoms with Crippen LogP contribution >= 0.6 is 11.6 Å². The van der Waals surface area contributed by atoms with E-state index in [4.69, 9.17) is 11.6 Å². The molecule has 0 radical (unpaired) electrons. The normalized spacial score (nSPS) is 14.8. The van der Waals surface area contributed by atoms with Gasteiger partial charge in [0.15, 0.2) is 9.84 Å². The summed E-state index contributed by atoms with van der Waals surface area (Å²) in [5.74, 6) is -0.323. The molecular weight excluding hydrogens is 422 g/mol. The van der Waals surface area contributed by atoms with Gasteiger partial charge in [-0.05, 0) is 47.2 Å². The van der Waals surface area contributed by atoms with Gasteiger partial charge < -0.3 is 9.80 Å². The minimum atomic E-state index is -3.55. The minimum absolute atomic E-state index is 0.0176. The number of piperazine rings is 1. The molecule has 0 atom stereocenters. The Morgan fingerprint density at radius 3 is 2.33 bits per heavy atom. The average molecular weight is 444 g/mol. The number of fused-ring (bicyclic) bond motifs is 1. The van der Waals surface area contributed by atoms with Crippen molar-refractivity contribution in [2.45, 2.75) is 11.3 Å². The highest BCUT2D eigenvalue weighted by Crippen LogP contribution is 2.24. The van der Waals surface area contributed by atoms with Crippen LogP contribution in [0, 0.1) is 0 Å². The lowest BCUT2D eigenvalue weighted by Gasteiger charge is -2.36. The summed E-state index contributed by atoms with van der Waals surface area (Å²) in [5, 5.41) is 2.29. The van der Waals surface area contributed by atoms with Crippen molar-refractivity contribution in [3.05, 3.63) is 65.9 Å². The summed E-state index contributed by atoms with van der Waals surface area (Å²) in [6.07, 6.45) is 3.48. The first-order chi connectivity index (χ1) is 14.4. The standard InChI is InChI=1S/C22H22ClN3O3S/c23-19-3-1-18-16-21(4-2-17(18)15-19)30(28,29)14-7-22(27)26-12-10-25(11-13-26)20-5-8-24-9-6-20/h1-6,8-9,15-16H,7,10-14H2. The fourth-order valence-electron chi connectivity index (χ4n) is 3.65. The van der Waals surface area contributed by atoms with Gasteiger partial charge in [0.25, 0.3) is 0 Å². The smallest absolute Gasteiger partial charge is 0.223 e. The van der Waals surface area contributed by atoms with Crippen LogP contribution in [-0.4, -0.2) is 56.1 Å². The highest BCUT2D eigenvalue weighted by Gasteiger charge is 2.23. The Morgan fingerprint density at radius 1 is 0.933 bits per heavy atom. The molecule has 1 aliphatic rings. The fourth-order valence-corrected chi connectivity index (χ4v) is 5.10. The molecule has 0 N–H and O–H groups in total. The van der Waals surface area contributed by atoms with E-state index in [1.54, 1.807) is 53.7 Å². The molecule has 1 fully saturated rings. The molecule has 156 valence electrons. The van der Waals surface area contributed by atoms with Crippen LogP contribution < -0.4 is 4.90 Å². The van der Waals surface area contributed by atoms with Crippen molar-refractivity contribution >= 4 is 43.8 Å². The molecule has 0 aliphatic carbocycles. The van der Waals surface area contributed by atoms with Crippen LogP contribution in [0.25, 0.3) is 10.8 Å². The van der Waals surface area contributed by atoms with Crippen LogP contribution in [0.4, 0.5) is 5.69 Å². The SMILES string of the molecule is O=C(CCS(=O)(=O)c1ccc2cc(Cl)ccc2c1)N1CCN(c2ccncc2)CC1. The van der Waals surface area contributed by atoms with Crippen molar-refractivity contribution in [2.75, 3.05) is 36.8 Å². The minimum Gasteiger partial charge on any atom is -0.368 e. The summed E-state index contributed by atoms with van der Waals surface area (Å²) in [5.41, 5.74) is 1.08. The number of benzene rings is 2. The zero-order valence-corrected chi connectivity index (χ0v) is 17.9. The first kappa shape index (κ1) is 20.6. The van der Waals surface area contributed by atoms with Crippen LogP contribution in [0.5, 0.6) is 0 Å². The molecule has 8 heteroatoms. The predicted molar refractivity (Wildman–Crippen MR) is 119 cm³/mol. The molecule has 30 heavy (non-hydrogen) atoms. The number of anilines is 1. The molecule has 0 spiro atoms. The maximum atomic E-state index is 12.8. The third kappa shape index (κ3) is 4.57. The zero-order valence-electron chi connectivity index (χ0n) is 16.4. The molecule has 1 aromatic heterocycles. The van der Waals surface area contributed by atoms with E-state index in [0.717, 1.165) is 29.5 Å². The molecule has 2 aromatic carbocycles. The molecule has 1 aliphatic heterocycles. The van der Waals surface area contributed by atoms with Gasteiger partial charge in [-0.2, -0.15) is 0 Å². The number of hydrogen-bond acceptors (Lipinski definition) is 5. The number of rotatable bonds is 5. The van der Waals surface area contributed by atoms with Crippen LogP contribution in [0.3, 0.4) is 0 Å². The first-order valence-electron chi connectivity index (χ1n) is 9.77. The second kappa shape index (κ2) is 8.62. The van der Waals surface area contributed by atoms with E-state index in [2.05, 4.69) is 9.88 Å². The van der Waals surface area contributed by atoms with E-state index in [0.29, 0.717) is 18.1 Å². The van der Waals surface area contributed by atoms with Gasteiger partial charge in [-0.1, -0.05) is 23.7 Å². The van der Waals surface area contributed by atoms with Crippen molar-refractivity contribution in [2.24, 2.45) is 0 Å². The van der Waals surface area contributed by atoms with Crippen LogP contribution in [0.2, 0.25) is 5.02 Å². The van der Waals surface area contributed by atoms with Crippen molar-refractivity contribution in [1.82, 2.24) is 9.88 Å². The highest BCUT2D eigenvalue weighted by atomic mass is 35.5. The van der Waals surface area contributed by atoms with Gasteiger partial charge in [0.05, 0.1) is 10.6 Å². The fraction of sp³-hybridized carbons (Fsp3) is 0.273. The van der Waals surface area contributed by atoms with Crippen LogP contribution in [-0.2, 0) is 14.6 Å². The monoisotopic (exact) mass is 443 g/mol. The number of hydrogen-bond donors (Lipinski definition) is 0. The van der Waals surface area contributed by atoms with Crippen molar-refractivity contribution in [1.29, 1.82) is 0 Å². The first-order valence-corrected chi connectivity index (χ1v) is 11.8. The van der Waals surface area contributed by atoms with Crippen LogP contribution in [0.1, 0.15) is 6.42 Å². The van der Waals surface area contributed by atoms with Gasteiger partial charge in [-0.25, -0.2) is 8.42 Å². The third-order valence-corrected chi connectivity index (χ3v) is 7.33. The number of carbonyl (C=O) groups excluding carboxylic acids is 1. The van der Waals surface area contributed by atoms with E-state index < -0.39 is 9.84 Å². The van der Waals surface area contributed by atoms with Gasteiger partial charge in [0.1, 0.15) is 0 Å². The molecule has 1 saturated heterocycles.